The molecule has 112 valence electrons. The van der Waals surface area contributed by atoms with Crippen LogP contribution in [0, 0.1) is 10.1 Å². The Morgan fingerprint density at radius 1 is 1.45 bits per heavy atom. The van der Waals surface area contributed by atoms with E-state index in [0.29, 0.717) is 11.0 Å². The van der Waals surface area contributed by atoms with Crippen molar-refractivity contribution in [2.75, 3.05) is 20.6 Å². The van der Waals surface area contributed by atoms with E-state index in [9.17, 15) is 18.5 Å². The van der Waals surface area contributed by atoms with Gasteiger partial charge in [-0.3, -0.25) is 10.1 Å². The Hall–Kier alpha value is -1.03. The van der Waals surface area contributed by atoms with Crippen molar-refractivity contribution in [2.24, 2.45) is 0 Å². The molecular formula is C11H16BrN3O4S. The molecule has 0 aliphatic carbocycles. The lowest BCUT2D eigenvalue weighted by Gasteiger charge is -2.18. The van der Waals surface area contributed by atoms with Crippen LogP contribution in [0.25, 0.3) is 0 Å². The maximum atomic E-state index is 12.2. The minimum Gasteiger partial charge on any atom is -0.308 e. The number of likely N-dealkylation sites (N-methyl/N-ethyl adjacent to an activating group) is 1. The maximum absolute atomic E-state index is 12.2. The second-order valence-electron chi connectivity index (χ2n) is 4.65. The van der Waals surface area contributed by atoms with E-state index in [2.05, 4.69) is 20.7 Å². The van der Waals surface area contributed by atoms with Crippen LogP contribution in [-0.2, 0) is 10.0 Å². The highest BCUT2D eigenvalue weighted by Gasteiger charge is 2.27. The number of sulfonamides is 1. The van der Waals surface area contributed by atoms with Crippen LogP contribution in [0.2, 0.25) is 0 Å². The van der Waals surface area contributed by atoms with Crippen molar-refractivity contribution in [3.63, 3.8) is 0 Å². The Bertz CT molecular complexity index is 604. The minimum absolute atomic E-state index is 0.345. The molecule has 0 radical (unpaired) electrons. The Kier molecular flexibility index (Phi) is 5.63. The van der Waals surface area contributed by atoms with Crippen LogP contribution in [0.1, 0.15) is 6.92 Å². The summed E-state index contributed by atoms with van der Waals surface area (Å²) in [5.74, 6) is 0. The molecule has 1 unspecified atom stereocenters. The van der Waals surface area contributed by atoms with Gasteiger partial charge in [0, 0.05) is 23.1 Å². The van der Waals surface area contributed by atoms with Crippen molar-refractivity contribution in [3.05, 3.63) is 32.8 Å². The van der Waals surface area contributed by atoms with E-state index in [4.69, 9.17) is 0 Å². The van der Waals surface area contributed by atoms with Crippen LogP contribution in [0.5, 0.6) is 0 Å². The second kappa shape index (κ2) is 6.61. The highest BCUT2D eigenvalue weighted by Crippen LogP contribution is 2.27. The van der Waals surface area contributed by atoms with Crippen molar-refractivity contribution in [2.45, 2.75) is 17.9 Å². The van der Waals surface area contributed by atoms with Gasteiger partial charge in [0.15, 0.2) is 4.90 Å². The summed E-state index contributed by atoms with van der Waals surface area (Å²) in [4.78, 5) is 11.7. The molecule has 1 atom stereocenters. The molecule has 0 heterocycles. The van der Waals surface area contributed by atoms with E-state index in [1.54, 1.807) is 6.92 Å². The molecule has 9 heteroatoms. The lowest BCUT2D eigenvalue weighted by Crippen LogP contribution is -2.39. The first-order chi connectivity index (χ1) is 9.13. The van der Waals surface area contributed by atoms with Gasteiger partial charge >= 0.3 is 0 Å². The van der Waals surface area contributed by atoms with Gasteiger partial charge in [-0.15, -0.1) is 0 Å². The van der Waals surface area contributed by atoms with E-state index < -0.39 is 20.6 Å². The van der Waals surface area contributed by atoms with Gasteiger partial charge in [0.25, 0.3) is 5.69 Å². The summed E-state index contributed by atoms with van der Waals surface area (Å²) in [5, 5.41) is 10.9. The van der Waals surface area contributed by atoms with Crippen LogP contribution in [0.15, 0.2) is 27.6 Å². The van der Waals surface area contributed by atoms with Crippen molar-refractivity contribution in [1.82, 2.24) is 9.62 Å². The minimum atomic E-state index is -3.95. The zero-order chi connectivity index (χ0) is 15.5. The monoisotopic (exact) mass is 365 g/mol. The third kappa shape index (κ3) is 4.51. The molecule has 7 nitrogen and oxygen atoms in total. The fourth-order valence-corrected chi connectivity index (χ4v) is 3.71. The molecule has 0 amide bonds. The van der Waals surface area contributed by atoms with Crippen LogP contribution in [0.3, 0.4) is 0 Å². The van der Waals surface area contributed by atoms with Crippen molar-refractivity contribution in [1.29, 1.82) is 0 Å². The number of nitrogens with zero attached hydrogens (tertiary/aromatic N) is 2. The molecule has 1 N–H and O–H groups in total. The Labute approximate surface area is 126 Å². The summed E-state index contributed by atoms with van der Waals surface area (Å²) >= 11 is 3.12. The van der Waals surface area contributed by atoms with Gasteiger partial charge < -0.3 is 4.90 Å². The van der Waals surface area contributed by atoms with Crippen LogP contribution in [0.4, 0.5) is 5.69 Å². The molecule has 1 rings (SSSR count). The topological polar surface area (TPSA) is 92.6 Å². The van der Waals surface area contributed by atoms with Crippen molar-refractivity contribution in [3.8, 4) is 0 Å². The van der Waals surface area contributed by atoms with E-state index >= 15 is 0 Å². The van der Waals surface area contributed by atoms with Gasteiger partial charge in [0.1, 0.15) is 0 Å². The van der Waals surface area contributed by atoms with E-state index in [1.165, 1.54) is 12.1 Å². The summed E-state index contributed by atoms with van der Waals surface area (Å²) in [5.41, 5.74) is -0.447. The highest BCUT2D eigenvalue weighted by molar-refractivity contribution is 9.10. The number of hydrogen-bond donors (Lipinski definition) is 1. The molecule has 0 aromatic heterocycles. The molecule has 0 aliphatic rings. The first kappa shape index (κ1) is 17.0. The molecule has 0 saturated carbocycles. The second-order valence-corrected chi connectivity index (χ2v) is 7.25. The van der Waals surface area contributed by atoms with Crippen LogP contribution < -0.4 is 4.72 Å². The molecular weight excluding hydrogens is 350 g/mol. The zero-order valence-electron chi connectivity index (χ0n) is 11.3. The zero-order valence-corrected chi connectivity index (χ0v) is 13.7. The smallest absolute Gasteiger partial charge is 0.289 e. The fraction of sp³-hybridized carbons (Fsp3) is 0.455. The predicted octanol–water partition coefficient (Wildman–Crippen LogP) is 1.59. The van der Waals surface area contributed by atoms with Gasteiger partial charge in [-0.1, -0.05) is 15.9 Å². The summed E-state index contributed by atoms with van der Waals surface area (Å²) < 4.78 is 27.4. The van der Waals surface area contributed by atoms with E-state index in [0.717, 1.165) is 6.07 Å². The molecule has 20 heavy (non-hydrogen) atoms. The lowest BCUT2D eigenvalue weighted by molar-refractivity contribution is -0.387. The van der Waals surface area contributed by atoms with Crippen LogP contribution in [-0.4, -0.2) is 44.9 Å². The SMILES string of the molecule is CC(CN(C)C)NS(=O)(=O)c1cc(Br)ccc1[N+](=O)[O-]. The summed E-state index contributed by atoms with van der Waals surface area (Å²) in [6, 6.07) is 3.45. The molecule has 1 aromatic carbocycles. The fourth-order valence-electron chi connectivity index (χ4n) is 1.77. The summed E-state index contributed by atoms with van der Waals surface area (Å²) in [6.07, 6.45) is 0. The van der Waals surface area contributed by atoms with Gasteiger partial charge in [-0.25, -0.2) is 13.1 Å². The number of halogens is 1. The molecule has 0 aliphatic heterocycles. The van der Waals surface area contributed by atoms with Gasteiger partial charge in [0.05, 0.1) is 4.92 Å². The molecule has 0 spiro atoms. The number of hydrogen-bond acceptors (Lipinski definition) is 5. The number of nitro benzene ring substituents is 1. The molecule has 0 saturated heterocycles. The largest absolute Gasteiger partial charge is 0.308 e. The average Bonchev–Trinajstić information content (AvgIpc) is 2.26. The number of benzene rings is 1. The molecule has 0 bridgehead atoms. The molecule has 0 fully saturated rings. The summed E-state index contributed by atoms with van der Waals surface area (Å²) in [7, 11) is -0.328. The quantitative estimate of drug-likeness (QED) is 0.610. The predicted molar refractivity (Wildman–Crippen MR) is 79.1 cm³/mol. The van der Waals surface area contributed by atoms with Gasteiger partial charge in [-0.05, 0) is 33.2 Å². The Morgan fingerprint density at radius 2 is 2.05 bits per heavy atom. The number of rotatable bonds is 6. The maximum Gasteiger partial charge on any atom is 0.289 e. The Balaban J connectivity index is 3.15. The molecule has 1 aromatic rings. The third-order valence-corrected chi connectivity index (χ3v) is 4.52. The highest BCUT2D eigenvalue weighted by atomic mass is 79.9. The first-order valence-electron chi connectivity index (χ1n) is 5.74. The van der Waals surface area contributed by atoms with E-state index in [1.807, 2.05) is 19.0 Å². The normalized spacial score (nSPS) is 13.4. The standard InChI is InChI=1S/C11H16BrN3O4S/c1-8(7-14(2)3)13-20(18,19)11-6-9(12)4-5-10(11)15(16)17/h4-6,8,13H,7H2,1-3H3. The van der Waals surface area contributed by atoms with Crippen molar-refractivity contribution < 1.29 is 13.3 Å². The lowest BCUT2D eigenvalue weighted by atomic mass is 10.3. The number of nitrogens with one attached hydrogen (secondary N) is 1. The van der Waals surface area contributed by atoms with Crippen LogP contribution >= 0.6 is 15.9 Å². The third-order valence-electron chi connectivity index (χ3n) is 2.40. The van der Waals surface area contributed by atoms with Gasteiger partial charge in [0.2, 0.25) is 10.0 Å². The van der Waals surface area contributed by atoms with Crippen molar-refractivity contribution >= 4 is 31.6 Å². The summed E-state index contributed by atoms with van der Waals surface area (Å²) in [6.45, 7) is 2.18. The Morgan fingerprint density at radius 3 is 2.55 bits per heavy atom. The van der Waals surface area contributed by atoms with E-state index in [-0.39, 0.29) is 10.9 Å². The number of nitro groups is 1. The average molecular weight is 366 g/mol. The van der Waals surface area contributed by atoms with Gasteiger partial charge in [-0.2, -0.15) is 0 Å². The first-order valence-corrected chi connectivity index (χ1v) is 8.02.